The number of benzene rings is 1. The average Bonchev–Trinajstić information content (AvgIpc) is 2.91. The van der Waals surface area contributed by atoms with Crippen molar-refractivity contribution < 1.29 is 0 Å². The number of hydrogen-bond acceptors (Lipinski definition) is 4. The highest BCUT2D eigenvalue weighted by Crippen LogP contribution is 2.23. The number of H-pyrrole nitrogens is 1. The van der Waals surface area contributed by atoms with Gasteiger partial charge in [-0.2, -0.15) is 0 Å². The number of unbranched alkanes of at least 4 members (excludes halogenated alkanes) is 1. The number of imidazole rings is 1. The molecule has 132 valence electrons. The molecular formula is C18H22N4O2S. The smallest absolute Gasteiger partial charge is 0.325 e. The first kappa shape index (κ1) is 17.5. The maximum absolute atomic E-state index is 12.2. The van der Waals surface area contributed by atoms with Gasteiger partial charge in [-0.25, -0.2) is 9.78 Å². The molecule has 2 heterocycles. The Morgan fingerprint density at radius 3 is 2.60 bits per heavy atom. The molecule has 0 unspecified atom stereocenters. The largest absolute Gasteiger partial charge is 0.330 e. The standard InChI is InChI=1S/C18H22N4O2S/c1-4-5-10-22-16-15(17(23)20-18(22)24)21(3)14(19-16)11-25-13-8-6-12(2)7-9-13/h6-9H,4-5,10-11H2,1-3H3,(H,20,23,24). The minimum atomic E-state index is -0.387. The lowest BCUT2D eigenvalue weighted by Gasteiger charge is -2.04. The summed E-state index contributed by atoms with van der Waals surface area (Å²) in [6, 6.07) is 8.30. The molecule has 1 aromatic carbocycles. The Balaban J connectivity index is 1.97. The monoisotopic (exact) mass is 358 g/mol. The van der Waals surface area contributed by atoms with Crippen molar-refractivity contribution in [3.05, 3.63) is 56.5 Å². The minimum Gasteiger partial charge on any atom is -0.325 e. The Morgan fingerprint density at radius 1 is 1.20 bits per heavy atom. The molecule has 3 aromatic rings. The van der Waals surface area contributed by atoms with Crippen LogP contribution in [0.15, 0.2) is 38.8 Å². The summed E-state index contributed by atoms with van der Waals surface area (Å²) in [5, 5.41) is 0. The first-order valence-corrected chi connectivity index (χ1v) is 9.37. The topological polar surface area (TPSA) is 72.7 Å². The van der Waals surface area contributed by atoms with E-state index in [1.807, 2.05) is 7.05 Å². The molecule has 2 aromatic heterocycles. The molecule has 0 saturated carbocycles. The SMILES string of the molecule is CCCCn1c(=O)[nH]c(=O)c2c1nc(CSc1ccc(C)cc1)n2C. The van der Waals surface area contributed by atoms with Crippen LogP contribution in [0, 0.1) is 6.92 Å². The van der Waals surface area contributed by atoms with Crippen LogP contribution in [0.4, 0.5) is 0 Å². The molecule has 0 radical (unpaired) electrons. The van der Waals surface area contributed by atoms with Crippen LogP contribution in [0.2, 0.25) is 0 Å². The maximum Gasteiger partial charge on any atom is 0.330 e. The molecule has 0 amide bonds. The Morgan fingerprint density at radius 2 is 1.92 bits per heavy atom. The third kappa shape index (κ3) is 3.56. The molecule has 0 spiro atoms. The molecule has 0 bridgehead atoms. The molecule has 25 heavy (non-hydrogen) atoms. The molecule has 0 aliphatic rings. The maximum atomic E-state index is 12.2. The van der Waals surface area contributed by atoms with Crippen molar-refractivity contribution in [2.75, 3.05) is 0 Å². The summed E-state index contributed by atoms with van der Waals surface area (Å²) >= 11 is 1.66. The van der Waals surface area contributed by atoms with E-state index in [4.69, 9.17) is 0 Å². The van der Waals surface area contributed by atoms with Gasteiger partial charge in [-0.15, -0.1) is 11.8 Å². The zero-order valence-electron chi connectivity index (χ0n) is 14.7. The van der Waals surface area contributed by atoms with Crippen molar-refractivity contribution in [2.24, 2.45) is 7.05 Å². The first-order chi connectivity index (χ1) is 12.0. The average molecular weight is 358 g/mol. The summed E-state index contributed by atoms with van der Waals surface area (Å²) in [7, 11) is 1.82. The van der Waals surface area contributed by atoms with Gasteiger partial charge in [-0.05, 0) is 25.5 Å². The van der Waals surface area contributed by atoms with Crippen LogP contribution in [0.25, 0.3) is 11.2 Å². The van der Waals surface area contributed by atoms with Crippen molar-refractivity contribution in [2.45, 2.75) is 43.9 Å². The summed E-state index contributed by atoms with van der Waals surface area (Å²) < 4.78 is 3.36. The highest BCUT2D eigenvalue weighted by molar-refractivity contribution is 7.98. The number of aromatic amines is 1. The summed E-state index contributed by atoms with van der Waals surface area (Å²) in [5.41, 5.74) is 1.38. The number of thioether (sulfide) groups is 1. The highest BCUT2D eigenvalue weighted by Gasteiger charge is 2.16. The summed E-state index contributed by atoms with van der Waals surface area (Å²) in [6.07, 6.45) is 1.83. The zero-order chi connectivity index (χ0) is 18.0. The number of aromatic nitrogens is 4. The van der Waals surface area contributed by atoms with E-state index < -0.39 is 0 Å². The van der Waals surface area contributed by atoms with Crippen molar-refractivity contribution >= 4 is 22.9 Å². The fraction of sp³-hybridized carbons (Fsp3) is 0.389. The third-order valence-electron chi connectivity index (χ3n) is 4.23. The highest BCUT2D eigenvalue weighted by atomic mass is 32.2. The van der Waals surface area contributed by atoms with Crippen LogP contribution in [-0.4, -0.2) is 19.1 Å². The fourth-order valence-corrected chi connectivity index (χ4v) is 3.61. The fourth-order valence-electron chi connectivity index (χ4n) is 2.73. The van der Waals surface area contributed by atoms with Gasteiger partial charge in [0, 0.05) is 18.5 Å². The zero-order valence-corrected chi connectivity index (χ0v) is 15.5. The lowest BCUT2D eigenvalue weighted by molar-refractivity contribution is 0.613. The van der Waals surface area contributed by atoms with Crippen LogP contribution in [-0.2, 0) is 19.3 Å². The molecule has 0 atom stereocenters. The van der Waals surface area contributed by atoms with Gasteiger partial charge in [-0.3, -0.25) is 14.3 Å². The number of nitrogens with zero attached hydrogens (tertiary/aromatic N) is 3. The van der Waals surface area contributed by atoms with E-state index >= 15 is 0 Å². The van der Waals surface area contributed by atoms with Crippen LogP contribution in [0.5, 0.6) is 0 Å². The van der Waals surface area contributed by atoms with E-state index in [0.717, 1.165) is 23.6 Å². The van der Waals surface area contributed by atoms with Gasteiger partial charge in [0.15, 0.2) is 11.2 Å². The molecule has 0 saturated heterocycles. The van der Waals surface area contributed by atoms with Gasteiger partial charge in [0.2, 0.25) is 0 Å². The quantitative estimate of drug-likeness (QED) is 0.688. The van der Waals surface area contributed by atoms with E-state index in [9.17, 15) is 9.59 Å². The van der Waals surface area contributed by atoms with Crippen LogP contribution < -0.4 is 11.2 Å². The number of aryl methyl sites for hydroxylation is 3. The van der Waals surface area contributed by atoms with Crippen molar-refractivity contribution in [3.8, 4) is 0 Å². The normalized spacial score (nSPS) is 11.3. The summed E-state index contributed by atoms with van der Waals surface area (Å²) in [5.74, 6) is 1.41. The lowest BCUT2D eigenvalue weighted by atomic mass is 10.2. The summed E-state index contributed by atoms with van der Waals surface area (Å²) in [4.78, 5) is 32.5. The van der Waals surface area contributed by atoms with Gasteiger partial charge in [-0.1, -0.05) is 31.0 Å². The van der Waals surface area contributed by atoms with Crippen LogP contribution >= 0.6 is 11.8 Å². The Bertz CT molecular complexity index is 999. The van der Waals surface area contributed by atoms with E-state index in [2.05, 4.69) is 48.1 Å². The third-order valence-corrected chi connectivity index (χ3v) is 5.24. The Hall–Kier alpha value is -2.28. The van der Waals surface area contributed by atoms with Gasteiger partial charge in [0.1, 0.15) is 5.82 Å². The number of rotatable bonds is 6. The molecule has 0 aliphatic carbocycles. The molecule has 7 heteroatoms. The van der Waals surface area contributed by atoms with Crippen molar-refractivity contribution in [3.63, 3.8) is 0 Å². The van der Waals surface area contributed by atoms with Gasteiger partial charge in [0.25, 0.3) is 5.56 Å². The van der Waals surface area contributed by atoms with E-state index in [1.54, 1.807) is 20.9 Å². The van der Waals surface area contributed by atoms with Crippen molar-refractivity contribution in [1.82, 2.24) is 19.1 Å². The van der Waals surface area contributed by atoms with E-state index in [-0.39, 0.29) is 11.2 Å². The second kappa shape index (κ2) is 7.31. The number of fused-ring (bicyclic) bond motifs is 1. The molecule has 6 nitrogen and oxygen atoms in total. The molecular weight excluding hydrogens is 336 g/mol. The predicted molar refractivity (Wildman–Crippen MR) is 101 cm³/mol. The predicted octanol–water partition coefficient (Wildman–Crippen LogP) is 2.82. The van der Waals surface area contributed by atoms with E-state index in [1.165, 1.54) is 5.56 Å². The number of hydrogen-bond donors (Lipinski definition) is 1. The van der Waals surface area contributed by atoms with Crippen LogP contribution in [0.3, 0.4) is 0 Å². The Kier molecular flexibility index (Phi) is 5.13. The van der Waals surface area contributed by atoms with Crippen LogP contribution in [0.1, 0.15) is 31.2 Å². The molecule has 1 N–H and O–H groups in total. The molecule has 0 fully saturated rings. The second-order valence-corrected chi connectivity index (χ2v) is 7.17. The van der Waals surface area contributed by atoms with Gasteiger partial charge in [0.05, 0.1) is 5.75 Å². The molecule has 0 aliphatic heterocycles. The van der Waals surface area contributed by atoms with Crippen molar-refractivity contribution in [1.29, 1.82) is 0 Å². The summed E-state index contributed by atoms with van der Waals surface area (Å²) in [6.45, 7) is 4.68. The van der Waals surface area contributed by atoms with Gasteiger partial charge >= 0.3 is 5.69 Å². The second-order valence-electron chi connectivity index (χ2n) is 6.13. The number of nitrogens with one attached hydrogen (secondary N) is 1. The van der Waals surface area contributed by atoms with Gasteiger partial charge < -0.3 is 4.57 Å². The molecule has 3 rings (SSSR count). The Labute approximate surface area is 149 Å². The first-order valence-electron chi connectivity index (χ1n) is 8.39. The lowest BCUT2D eigenvalue weighted by Crippen LogP contribution is -2.31. The van der Waals surface area contributed by atoms with E-state index in [0.29, 0.717) is 23.5 Å². The minimum absolute atomic E-state index is 0.380.